The van der Waals surface area contributed by atoms with Gasteiger partial charge in [-0.15, -0.1) is 0 Å². The summed E-state index contributed by atoms with van der Waals surface area (Å²) in [5.41, 5.74) is -1.28. The largest absolute Gasteiger partial charge is 0.504 e. The van der Waals surface area contributed by atoms with E-state index in [2.05, 4.69) is 0 Å². The van der Waals surface area contributed by atoms with Crippen molar-refractivity contribution in [3.05, 3.63) is 11.3 Å². The number of hydrogen-bond donors (Lipinski definition) is 3. The Kier molecular flexibility index (Phi) is 6.91. The normalized spacial score (nSPS) is 33.2. The molecule has 2 rings (SSSR count). The van der Waals surface area contributed by atoms with Crippen LogP contribution < -0.4 is 0 Å². The van der Waals surface area contributed by atoms with Gasteiger partial charge in [-0.2, -0.15) is 0 Å². The van der Waals surface area contributed by atoms with Crippen LogP contribution in [-0.4, -0.2) is 38.8 Å². The summed E-state index contributed by atoms with van der Waals surface area (Å²) < 4.78 is 0. The topological polar surface area (TPSA) is 129 Å². The fraction of sp³-hybridized carbons (Fsp3) is 0.727. The molecule has 0 aromatic heterocycles. The highest BCUT2D eigenvalue weighted by atomic mass is 16.4. The van der Waals surface area contributed by atoms with Crippen LogP contribution >= 0.6 is 0 Å². The Bertz CT molecular complexity index is 737. The van der Waals surface area contributed by atoms with Gasteiger partial charge in [-0.05, 0) is 49.5 Å². The van der Waals surface area contributed by atoms with Gasteiger partial charge in [-0.1, -0.05) is 33.6 Å². The second-order valence-corrected chi connectivity index (χ2v) is 9.02. The van der Waals surface area contributed by atoms with Crippen molar-refractivity contribution in [3.8, 4) is 0 Å². The standard InChI is InChI=1S/C22H32O7/c1-5-6-7-12(3)17-20(27)19(26)13-8-11(2)9-14(21(28)29)18(13)22(17,4)15(23)10-16(24)25/h11-14,18,27H,5-10H2,1-4H3,(H,24,25)(H,28,29). The first-order valence-corrected chi connectivity index (χ1v) is 10.4. The SMILES string of the molecule is CCCCC(C)C1=C(O)C(=O)C2CC(C)CC(C(=O)O)C2C1(C)C(=O)CC(=O)O. The lowest BCUT2D eigenvalue weighted by Crippen LogP contribution is -2.56. The number of carboxylic acids is 2. The molecule has 0 saturated heterocycles. The number of Topliss-reactive ketones (excluding diaryl/α,β-unsaturated/α-hetero) is 2. The number of ketones is 2. The molecule has 29 heavy (non-hydrogen) atoms. The third-order valence-corrected chi connectivity index (χ3v) is 6.92. The number of aliphatic hydroxyl groups excluding tert-OH is 1. The molecule has 162 valence electrons. The first-order valence-electron chi connectivity index (χ1n) is 10.4. The molecule has 0 bridgehead atoms. The molecule has 2 aliphatic rings. The van der Waals surface area contributed by atoms with Gasteiger partial charge in [0.1, 0.15) is 6.42 Å². The van der Waals surface area contributed by atoms with Crippen molar-refractivity contribution in [1.82, 2.24) is 0 Å². The van der Waals surface area contributed by atoms with Crippen LogP contribution in [0.4, 0.5) is 0 Å². The molecule has 0 aromatic rings. The minimum Gasteiger partial charge on any atom is -0.504 e. The molecule has 0 aromatic carbocycles. The number of aliphatic carboxylic acids is 2. The molecule has 3 N–H and O–H groups in total. The zero-order chi connectivity index (χ0) is 22.1. The van der Waals surface area contributed by atoms with Gasteiger partial charge in [0, 0.05) is 5.92 Å². The molecule has 0 amide bonds. The molecule has 0 heterocycles. The molecule has 6 atom stereocenters. The number of carbonyl (C=O) groups excluding carboxylic acids is 2. The highest BCUT2D eigenvalue weighted by Crippen LogP contribution is 2.57. The van der Waals surface area contributed by atoms with Crippen molar-refractivity contribution >= 4 is 23.5 Å². The number of unbranched alkanes of at least 4 members (excludes halogenated alkanes) is 1. The maximum absolute atomic E-state index is 13.2. The summed E-state index contributed by atoms with van der Waals surface area (Å²) >= 11 is 0. The Morgan fingerprint density at radius 2 is 1.83 bits per heavy atom. The van der Waals surface area contributed by atoms with Crippen LogP contribution in [0, 0.1) is 35.0 Å². The van der Waals surface area contributed by atoms with Crippen molar-refractivity contribution in [2.24, 2.45) is 35.0 Å². The Balaban J connectivity index is 2.72. The number of allylic oxidation sites excluding steroid dienone is 2. The van der Waals surface area contributed by atoms with Gasteiger partial charge in [0.2, 0.25) is 5.78 Å². The fourth-order valence-electron chi connectivity index (χ4n) is 5.66. The number of carbonyl (C=O) groups is 4. The molecule has 0 radical (unpaired) electrons. The van der Waals surface area contributed by atoms with Gasteiger partial charge in [-0.25, -0.2) is 0 Å². The minimum atomic E-state index is -1.50. The molecule has 1 saturated carbocycles. The van der Waals surface area contributed by atoms with E-state index in [4.69, 9.17) is 0 Å². The van der Waals surface area contributed by atoms with Crippen LogP contribution in [0.25, 0.3) is 0 Å². The van der Waals surface area contributed by atoms with E-state index in [9.17, 15) is 34.5 Å². The van der Waals surface area contributed by atoms with Crippen molar-refractivity contribution in [2.45, 2.75) is 66.2 Å². The summed E-state index contributed by atoms with van der Waals surface area (Å²) in [7, 11) is 0. The molecule has 7 heteroatoms. The molecule has 7 nitrogen and oxygen atoms in total. The van der Waals surface area contributed by atoms with Crippen molar-refractivity contribution in [2.75, 3.05) is 0 Å². The number of hydrogen-bond acceptors (Lipinski definition) is 5. The molecule has 0 spiro atoms. The summed E-state index contributed by atoms with van der Waals surface area (Å²) in [5.74, 6) is -6.99. The van der Waals surface area contributed by atoms with Gasteiger partial charge in [0.15, 0.2) is 11.5 Å². The smallest absolute Gasteiger partial charge is 0.310 e. The number of rotatable bonds is 8. The Hall–Kier alpha value is -2.18. The van der Waals surface area contributed by atoms with Gasteiger partial charge < -0.3 is 15.3 Å². The minimum absolute atomic E-state index is 0.0491. The van der Waals surface area contributed by atoms with Crippen LogP contribution in [0.15, 0.2) is 11.3 Å². The molecule has 2 aliphatic carbocycles. The molecule has 0 aliphatic heterocycles. The number of aliphatic hydroxyl groups is 1. The maximum Gasteiger partial charge on any atom is 0.310 e. The van der Waals surface area contributed by atoms with Gasteiger partial charge >= 0.3 is 11.9 Å². The highest BCUT2D eigenvalue weighted by Gasteiger charge is 2.61. The Labute approximate surface area is 171 Å². The van der Waals surface area contributed by atoms with Crippen molar-refractivity contribution < 1.29 is 34.5 Å². The highest BCUT2D eigenvalue weighted by molar-refractivity contribution is 6.05. The third kappa shape index (κ3) is 4.09. The van der Waals surface area contributed by atoms with Gasteiger partial charge in [0.05, 0.1) is 11.3 Å². The summed E-state index contributed by atoms with van der Waals surface area (Å²) in [6, 6.07) is 0. The van der Waals surface area contributed by atoms with Crippen LogP contribution in [0.2, 0.25) is 0 Å². The van der Waals surface area contributed by atoms with E-state index in [-0.39, 0.29) is 17.4 Å². The fourth-order valence-corrected chi connectivity index (χ4v) is 5.66. The Morgan fingerprint density at radius 1 is 1.21 bits per heavy atom. The van der Waals surface area contributed by atoms with E-state index in [1.807, 2.05) is 20.8 Å². The van der Waals surface area contributed by atoms with Crippen LogP contribution in [0.1, 0.15) is 66.2 Å². The van der Waals surface area contributed by atoms with E-state index in [0.29, 0.717) is 19.3 Å². The second-order valence-electron chi connectivity index (χ2n) is 9.02. The lowest BCUT2D eigenvalue weighted by Gasteiger charge is -2.52. The van der Waals surface area contributed by atoms with Crippen LogP contribution in [-0.2, 0) is 19.2 Å². The predicted molar refractivity (Wildman–Crippen MR) is 105 cm³/mol. The van der Waals surface area contributed by atoms with E-state index < -0.39 is 58.9 Å². The summed E-state index contributed by atoms with van der Waals surface area (Å²) in [4.78, 5) is 49.8. The third-order valence-electron chi connectivity index (χ3n) is 6.92. The molecule has 6 unspecified atom stereocenters. The van der Waals surface area contributed by atoms with Gasteiger partial charge in [-0.3, -0.25) is 19.2 Å². The zero-order valence-electron chi connectivity index (χ0n) is 17.6. The average molecular weight is 408 g/mol. The monoisotopic (exact) mass is 408 g/mol. The number of carboxylic acid groups (broad SMARTS) is 2. The quantitative estimate of drug-likeness (QED) is 0.523. The van der Waals surface area contributed by atoms with E-state index in [1.54, 1.807) is 6.92 Å². The van der Waals surface area contributed by atoms with Crippen LogP contribution in [0.5, 0.6) is 0 Å². The van der Waals surface area contributed by atoms with Crippen molar-refractivity contribution in [1.29, 1.82) is 0 Å². The van der Waals surface area contributed by atoms with Gasteiger partial charge in [0.25, 0.3) is 0 Å². The lowest BCUT2D eigenvalue weighted by atomic mass is 9.49. The van der Waals surface area contributed by atoms with E-state index in [1.165, 1.54) is 0 Å². The zero-order valence-corrected chi connectivity index (χ0v) is 17.6. The maximum atomic E-state index is 13.2. The first-order chi connectivity index (χ1) is 13.5. The summed E-state index contributed by atoms with van der Waals surface area (Å²) in [6.45, 7) is 7.21. The first kappa shape index (κ1) is 23.1. The van der Waals surface area contributed by atoms with E-state index in [0.717, 1.165) is 12.8 Å². The Morgan fingerprint density at radius 3 is 2.34 bits per heavy atom. The molecular weight excluding hydrogens is 376 g/mol. The number of fused-ring (bicyclic) bond motifs is 1. The second kappa shape index (κ2) is 8.67. The summed E-state index contributed by atoms with van der Waals surface area (Å²) in [6.07, 6.45) is 2.23. The van der Waals surface area contributed by atoms with Crippen LogP contribution in [0.3, 0.4) is 0 Å². The average Bonchev–Trinajstić information content (AvgIpc) is 2.63. The molecule has 1 fully saturated rings. The van der Waals surface area contributed by atoms with E-state index >= 15 is 0 Å². The van der Waals surface area contributed by atoms with Crippen molar-refractivity contribution in [3.63, 3.8) is 0 Å². The summed E-state index contributed by atoms with van der Waals surface area (Å²) in [5, 5.41) is 30.0. The lowest BCUT2D eigenvalue weighted by molar-refractivity contribution is -0.157. The molecular formula is C22H32O7. The predicted octanol–water partition coefficient (Wildman–Crippen LogP) is 3.62.